The van der Waals surface area contributed by atoms with E-state index in [0.29, 0.717) is 13.2 Å². The maximum absolute atomic E-state index is 5.68. The number of aryl methyl sites for hydroxylation is 1. The number of benzene rings is 1. The van der Waals surface area contributed by atoms with Crippen LogP contribution in [0.4, 0.5) is 0 Å². The van der Waals surface area contributed by atoms with Crippen molar-refractivity contribution in [3.8, 4) is 5.75 Å². The molecule has 1 aromatic rings. The predicted molar refractivity (Wildman–Crippen MR) is 73.1 cm³/mol. The Balaban J connectivity index is 2.50. The average molecular weight is 252 g/mol. The minimum Gasteiger partial charge on any atom is -0.467 e. The Kier molecular flexibility index (Phi) is 7.46. The van der Waals surface area contributed by atoms with Gasteiger partial charge in [0.2, 0.25) is 0 Å². The number of hydrogen-bond donors (Lipinski definition) is 0. The van der Waals surface area contributed by atoms with Gasteiger partial charge in [-0.15, -0.1) is 0 Å². The molecule has 0 aliphatic heterocycles. The largest absolute Gasteiger partial charge is 0.467 e. The van der Waals surface area contributed by atoms with Crippen LogP contribution in [0.5, 0.6) is 5.75 Å². The quantitative estimate of drug-likeness (QED) is 0.498. The molecule has 0 aromatic heterocycles. The topological polar surface area (TPSA) is 27.7 Å². The monoisotopic (exact) mass is 252 g/mol. The molecule has 1 rings (SSSR count). The standard InChI is InChI=1S/C15H24O3/c1-4-5-8-14-13(2)7-6-9-15(14)18-12-17-11-10-16-3/h6-7,9H,4-5,8,10-12H2,1-3H3. The van der Waals surface area contributed by atoms with Crippen molar-refractivity contribution in [2.24, 2.45) is 0 Å². The summed E-state index contributed by atoms with van der Waals surface area (Å²) in [5.74, 6) is 0.945. The van der Waals surface area contributed by atoms with Gasteiger partial charge in [-0.1, -0.05) is 25.5 Å². The predicted octanol–water partition coefficient (Wildman–Crippen LogP) is 3.34. The highest BCUT2D eigenvalue weighted by Gasteiger charge is 2.06. The molecule has 18 heavy (non-hydrogen) atoms. The van der Waals surface area contributed by atoms with Crippen LogP contribution in [0.15, 0.2) is 18.2 Å². The Morgan fingerprint density at radius 2 is 2.00 bits per heavy atom. The van der Waals surface area contributed by atoms with E-state index in [1.54, 1.807) is 7.11 Å². The van der Waals surface area contributed by atoms with E-state index in [1.165, 1.54) is 24.0 Å². The van der Waals surface area contributed by atoms with Crippen molar-refractivity contribution in [1.29, 1.82) is 0 Å². The van der Waals surface area contributed by atoms with Crippen LogP contribution in [0.2, 0.25) is 0 Å². The lowest BCUT2D eigenvalue weighted by Gasteiger charge is -2.13. The Hall–Kier alpha value is -1.06. The van der Waals surface area contributed by atoms with Crippen molar-refractivity contribution >= 4 is 0 Å². The molecule has 0 atom stereocenters. The molecule has 0 saturated heterocycles. The first-order valence-corrected chi connectivity index (χ1v) is 6.57. The summed E-state index contributed by atoms with van der Waals surface area (Å²) in [5, 5.41) is 0. The van der Waals surface area contributed by atoms with Crippen molar-refractivity contribution in [3.63, 3.8) is 0 Å². The first-order chi connectivity index (χ1) is 8.79. The number of rotatable bonds is 9. The molecule has 102 valence electrons. The van der Waals surface area contributed by atoms with Gasteiger partial charge in [-0.2, -0.15) is 0 Å². The first-order valence-electron chi connectivity index (χ1n) is 6.57. The van der Waals surface area contributed by atoms with Gasteiger partial charge in [0.1, 0.15) is 5.75 Å². The van der Waals surface area contributed by atoms with Gasteiger partial charge < -0.3 is 14.2 Å². The Morgan fingerprint density at radius 3 is 2.72 bits per heavy atom. The summed E-state index contributed by atoms with van der Waals surface area (Å²) in [4.78, 5) is 0. The molecule has 0 bridgehead atoms. The SMILES string of the molecule is CCCCc1c(C)cccc1OCOCCOC. The van der Waals surface area contributed by atoms with E-state index in [4.69, 9.17) is 14.2 Å². The molecular formula is C15H24O3. The zero-order chi connectivity index (χ0) is 13.2. The Morgan fingerprint density at radius 1 is 1.17 bits per heavy atom. The van der Waals surface area contributed by atoms with Gasteiger partial charge in [0.05, 0.1) is 13.2 Å². The molecule has 3 heteroatoms. The van der Waals surface area contributed by atoms with Gasteiger partial charge in [-0.3, -0.25) is 0 Å². The third-order valence-electron chi connectivity index (χ3n) is 2.88. The van der Waals surface area contributed by atoms with E-state index in [0.717, 1.165) is 12.2 Å². The van der Waals surface area contributed by atoms with Gasteiger partial charge in [0.15, 0.2) is 6.79 Å². The summed E-state index contributed by atoms with van der Waals surface area (Å²) in [7, 11) is 1.66. The lowest BCUT2D eigenvalue weighted by Crippen LogP contribution is -2.09. The summed E-state index contributed by atoms with van der Waals surface area (Å²) in [6, 6.07) is 6.16. The second-order valence-corrected chi connectivity index (χ2v) is 4.32. The second kappa shape index (κ2) is 8.95. The minimum absolute atomic E-state index is 0.284. The summed E-state index contributed by atoms with van der Waals surface area (Å²) in [6.45, 7) is 5.77. The van der Waals surface area contributed by atoms with Crippen LogP contribution in [0.3, 0.4) is 0 Å². The second-order valence-electron chi connectivity index (χ2n) is 4.32. The molecule has 0 spiro atoms. The van der Waals surface area contributed by atoms with Crippen LogP contribution in [0.1, 0.15) is 30.9 Å². The van der Waals surface area contributed by atoms with E-state index in [9.17, 15) is 0 Å². The highest BCUT2D eigenvalue weighted by Crippen LogP contribution is 2.24. The van der Waals surface area contributed by atoms with Crippen molar-refractivity contribution in [3.05, 3.63) is 29.3 Å². The highest BCUT2D eigenvalue weighted by atomic mass is 16.7. The van der Waals surface area contributed by atoms with E-state index < -0.39 is 0 Å². The van der Waals surface area contributed by atoms with E-state index >= 15 is 0 Å². The molecular weight excluding hydrogens is 228 g/mol. The van der Waals surface area contributed by atoms with Crippen molar-refractivity contribution < 1.29 is 14.2 Å². The summed E-state index contributed by atoms with van der Waals surface area (Å²) < 4.78 is 15.9. The molecule has 3 nitrogen and oxygen atoms in total. The normalized spacial score (nSPS) is 10.6. The molecule has 0 radical (unpaired) electrons. The van der Waals surface area contributed by atoms with Crippen molar-refractivity contribution in [2.75, 3.05) is 27.1 Å². The van der Waals surface area contributed by atoms with E-state index in [1.807, 2.05) is 12.1 Å². The summed E-state index contributed by atoms with van der Waals surface area (Å²) in [6.07, 6.45) is 3.44. The molecule has 0 unspecified atom stereocenters. The highest BCUT2D eigenvalue weighted by molar-refractivity contribution is 5.39. The summed E-state index contributed by atoms with van der Waals surface area (Å²) >= 11 is 0. The van der Waals surface area contributed by atoms with Crippen LogP contribution in [0, 0.1) is 6.92 Å². The van der Waals surface area contributed by atoms with Gasteiger partial charge in [0.25, 0.3) is 0 Å². The van der Waals surface area contributed by atoms with Gasteiger partial charge >= 0.3 is 0 Å². The zero-order valence-corrected chi connectivity index (χ0v) is 11.7. The summed E-state index contributed by atoms with van der Waals surface area (Å²) in [5.41, 5.74) is 2.59. The first kappa shape index (κ1) is 15.0. The van der Waals surface area contributed by atoms with Crippen LogP contribution >= 0.6 is 0 Å². The van der Waals surface area contributed by atoms with Crippen molar-refractivity contribution in [1.82, 2.24) is 0 Å². The maximum Gasteiger partial charge on any atom is 0.189 e. The van der Waals surface area contributed by atoms with E-state index in [2.05, 4.69) is 19.9 Å². The fourth-order valence-electron chi connectivity index (χ4n) is 1.79. The van der Waals surface area contributed by atoms with Crippen LogP contribution in [-0.4, -0.2) is 27.1 Å². The maximum atomic E-state index is 5.68. The number of hydrogen-bond acceptors (Lipinski definition) is 3. The third-order valence-corrected chi connectivity index (χ3v) is 2.88. The molecule has 0 fully saturated rings. The lowest BCUT2D eigenvalue weighted by atomic mass is 10.0. The zero-order valence-electron chi connectivity index (χ0n) is 11.7. The molecule has 0 amide bonds. The minimum atomic E-state index is 0.284. The number of unbranched alkanes of at least 4 members (excludes halogenated alkanes) is 1. The van der Waals surface area contributed by atoms with Crippen molar-refractivity contribution in [2.45, 2.75) is 33.1 Å². The molecule has 1 aromatic carbocycles. The van der Waals surface area contributed by atoms with Crippen LogP contribution in [0.25, 0.3) is 0 Å². The molecule has 0 aliphatic carbocycles. The third kappa shape index (κ3) is 5.07. The van der Waals surface area contributed by atoms with Gasteiger partial charge in [-0.05, 0) is 37.0 Å². The molecule has 0 aliphatic rings. The van der Waals surface area contributed by atoms with Crippen LogP contribution < -0.4 is 4.74 Å². The average Bonchev–Trinajstić information content (AvgIpc) is 2.38. The molecule has 0 heterocycles. The molecule has 0 N–H and O–H groups in total. The lowest BCUT2D eigenvalue weighted by molar-refractivity contribution is -0.00889. The van der Waals surface area contributed by atoms with Crippen LogP contribution in [-0.2, 0) is 15.9 Å². The Labute approximate surface area is 110 Å². The fraction of sp³-hybridized carbons (Fsp3) is 0.600. The van der Waals surface area contributed by atoms with E-state index in [-0.39, 0.29) is 6.79 Å². The fourth-order valence-corrected chi connectivity index (χ4v) is 1.79. The number of methoxy groups -OCH3 is 1. The molecule has 0 saturated carbocycles. The Bertz CT molecular complexity index is 337. The number of ether oxygens (including phenoxy) is 3. The van der Waals surface area contributed by atoms with Gasteiger partial charge in [0, 0.05) is 7.11 Å². The smallest absolute Gasteiger partial charge is 0.189 e. The van der Waals surface area contributed by atoms with Gasteiger partial charge in [-0.25, -0.2) is 0 Å².